The van der Waals surface area contributed by atoms with Crippen LogP contribution < -0.4 is 5.32 Å². The molecule has 1 aromatic rings. The molecule has 1 fully saturated rings. The van der Waals surface area contributed by atoms with Crippen LogP contribution in [0.5, 0.6) is 0 Å². The molecule has 0 radical (unpaired) electrons. The van der Waals surface area contributed by atoms with E-state index in [-0.39, 0.29) is 23.7 Å². The Labute approximate surface area is 153 Å². The van der Waals surface area contributed by atoms with Crippen molar-refractivity contribution < 1.29 is 4.79 Å². The van der Waals surface area contributed by atoms with E-state index in [1.807, 2.05) is 0 Å². The largest absolute Gasteiger partial charge is 0.326 e. The Morgan fingerprint density at radius 1 is 1.21 bits per heavy atom. The summed E-state index contributed by atoms with van der Waals surface area (Å²) in [6.45, 7) is 9.14. The molecule has 0 saturated heterocycles. The number of amides is 1. The molecule has 1 aliphatic carbocycles. The van der Waals surface area contributed by atoms with E-state index in [0.29, 0.717) is 0 Å². The van der Waals surface area contributed by atoms with Gasteiger partial charge in [-0.15, -0.1) is 12.4 Å². The molecule has 1 amide bonds. The van der Waals surface area contributed by atoms with Crippen LogP contribution in [0.4, 0.5) is 5.69 Å². The highest BCUT2D eigenvalue weighted by molar-refractivity contribution is 5.89. The van der Waals surface area contributed by atoms with Gasteiger partial charge in [0.1, 0.15) is 0 Å². The van der Waals surface area contributed by atoms with Gasteiger partial charge in [0, 0.05) is 25.2 Å². The van der Waals surface area contributed by atoms with Gasteiger partial charge < -0.3 is 5.32 Å². The van der Waals surface area contributed by atoms with Crippen molar-refractivity contribution >= 4 is 24.0 Å². The lowest BCUT2D eigenvalue weighted by Crippen LogP contribution is -2.33. The Morgan fingerprint density at radius 3 is 2.38 bits per heavy atom. The number of nitrogens with zero attached hydrogens (tertiary/aromatic N) is 1. The zero-order chi connectivity index (χ0) is 17.0. The van der Waals surface area contributed by atoms with E-state index in [1.54, 1.807) is 6.92 Å². The highest BCUT2D eigenvalue weighted by Crippen LogP contribution is 2.31. The molecule has 3 nitrogen and oxygen atoms in total. The van der Waals surface area contributed by atoms with E-state index in [2.05, 4.69) is 56.2 Å². The molecule has 1 aromatic carbocycles. The van der Waals surface area contributed by atoms with Gasteiger partial charge >= 0.3 is 0 Å². The zero-order valence-electron chi connectivity index (χ0n) is 15.8. The van der Waals surface area contributed by atoms with Gasteiger partial charge in [0.05, 0.1) is 0 Å². The average molecular weight is 353 g/mol. The number of halogens is 1. The molecule has 1 saturated carbocycles. The molecule has 0 aliphatic heterocycles. The van der Waals surface area contributed by atoms with Crippen LogP contribution in [-0.4, -0.2) is 23.9 Å². The van der Waals surface area contributed by atoms with Crippen molar-refractivity contribution in [2.24, 2.45) is 0 Å². The van der Waals surface area contributed by atoms with Gasteiger partial charge in [-0.1, -0.05) is 52.2 Å². The highest BCUT2D eigenvalue weighted by Gasteiger charge is 2.21. The molecule has 136 valence electrons. The summed E-state index contributed by atoms with van der Waals surface area (Å²) < 4.78 is 0. The summed E-state index contributed by atoms with van der Waals surface area (Å²) in [5, 5.41) is 2.97. The fourth-order valence-corrected chi connectivity index (χ4v) is 3.55. The quantitative estimate of drug-likeness (QED) is 0.814. The van der Waals surface area contributed by atoms with Crippen molar-refractivity contribution in [3.8, 4) is 0 Å². The maximum absolute atomic E-state index is 11.4. The van der Waals surface area contributed by atoms with Crippen LogP contribution in [-0.2, 0) is 16.8 Å². The minimum absolute atomic E-state index is 0. The minimum atomic E-state index is -0.0115. The first-order valence-electron chi connectivity index (χ1n) is 8.88. The topological polar surface area (TPSA) is 32.3 Å². The molecule has 0 atom stereocenters. The number of hydrogen-bond donors (Lipinski definition) is 1. The summed E-state index contributed by atoms with van der Waals surface area (Å²) in [5.41, 5.74) is 3.49. The Bertz CT molecular complexity index is 545. The molecule has 4 heteroatoms. The molecule has 0 unspecified atom stereocenters. The molecular formula is C20H33ClN2O. The van der Waals surface area contributed by atoms with Crippen molar-refractivity contribution in [2.75, 3.05) is 12.4 Å². The van der Waals surface area contributed by atoms with Gasteiger partial charge in [0.2, 0.25) is 5.91 Å². The summed E-state index contributed by atoms with van der Waals surface area (Å²) in [6, 6.07) is 7.20. The Kier molecular flexibility index (Phi) is 7.75. The van der Waals surface area contributed by atoms with Crippen LogP contribution in [0.15, 0.2) is 18.2 Å². The summed E-state index contributed by atoms with van der Waals surface area (Å²) in [5.74, 6) is -0.0115. The van der Waals surface area contributed by atoms with Crippen LogP contribution in [0, 0.1) is 0 Å². The first-order chi connectivity index (χ1) is 10.8. The number of carbonyl (C=O) groups excluding carboxylic acids is 1. The van der Waals surface area contributed by atoms with E-state index in [0.717, 1.165) is 18.3 Å². The number of hydrogen-bond acceptors (Lipinski definition) is 2. The normalized spacial score (nSPS) is 15.9. The second-order valence-corrected chi connectivity index (χ2v) is 8.02. The van der Waals surface area contributed by atoms with Crippen LogP contribution in [0.3, 0.4) is 0 Å². The van der Waals surface area contributed by atoms with Crippen molar-refractivity contribution in [1.29, 1.82) is 0 Å². The number of nitrogens with one attached hydrogen (secondary N) is 1. The van der Waals surface area contributed by atoms with E-state index >= 15 is 0 Å². The van der Waals surface area contributed by atoms with Gasteiger partial charge in [-0.05, 0) is 42.5 Å². The molecule has 24 heavy (non-hydrogen) atoms. The summed E-state index contributed by atoms with van der Waals surface area (Å²) in [4.78, 5) is 13.9. The Balaban J connectivity index is 0.00000288. The van der Waals surface area contributed by atoms with Crippen LogP contribution in [0.25, 0.3) is 0 Å². The monoisotopic (exact) mass is 352 g/mol. The third-order valence-corrected chi connectivity index (χ3v) is 4.83. The standard InChI is InChI=1S/C20H32N2O.ClH/c1-15(23)21-19-12-11-16(13-18(19)20(2,3)4)14-22(5)17-9-7-6-8-10-17;/h11-13,17H,6-10,14H2,1-5H3,(H,21,23);1H. The number of anilines is 1. The highest BCUT2D eigenvalue weighted by atomic mass is 35.5. The number of carbonyl (C=O) groups is 1. The minimum Gasteiger partial charge on any atom is -0.326 e. The van der Waals surface area contributed by atoms with E-state index in [4.69, 9.17) is 0 Å². The van der Waals surface area contributed by atoms with Crippen molar-refractivity contribution in [1.82, 2.24) is 4.90 Å². The van der Waals surface area contributed by atoms with Crippen molar-refractivity contribution in [2.45, 2.75) is 77.8 Å². The third-order valence-electron chi connectivity index (χ3n) is 4.83. The van der Waals surface area contributed by atoms with Gasteiger partial charge in [0.25, 0.3) is 0 Å². The Morgan fingerprint density at radius 2 is 1.83 bits per heavy atom. The van der Waals surface area contributed by atoms with Gasteiger partial charge in [0.15, 0.2) is 0 Å². The molecule has 2 rings (SSSR count). The second kappa shape index (κ2) is 8.87. The van der Waals surface area contributed by atoms with Gasteiger partial charge in [-0.25, -0.2) is 0 Å². The van der Waals surface area contributed by atoms with E-state index in [1.165, 1.54) is 43.2 Å². The molecule has 0 heterocycles. The predicted octanol–water partition coefficient (Wildman–Crippen LogP) is 5.13. The van der Waals surface area contributed by atoms with E-state index in [9.17, 15) is 4.79 Å². The lowest BCUT2D eigenvalue weighted by Gasteiger charge is -2.32. The molecule has 0 aromatic heterocycles. The van der Waals surface area contributed by atoms with Gasteiger partial charge in [-0.3, -0.25) is 9.69 Å². The van der Waals surface area contributed by atoms with Crippen molar-refractivity contribution in [3.05, 3.63) is 29.3 Å². The molecular weight excluding hydrogens is 320 g/mol. The summed E-state index contributed by atoms with van der Waals surface area (Å²) in [6.07, 6.45) is 6.77. The number of benzene rings is 1. The predicted molar refractivity (Wildman–Crippen MR) is 105 cm³/mol. The van der Waals surface area contributed by atoms with Crippen LogP contribution in [0.1, 0.15) is 70.9 Å². The van der Waals surface area contributed by atoms with E-state index < -0.39 is 0 Å². The smallest absolute Gasteiger partial charge is 0.221 e. The second-order valence-electron chi connectivity index (χ2n) is 8.02. The lowest BCUT2D eigenvalue weighted by molar-refractivity contribution is -0.114. The summed E-state index contributed by atoms with van der Waals surface area (Å²) >= 11 is 0. The lowest BCUT2D eigenvalue weighted by atomic mass is 9.84. The first-order valence-corrected chi connectivity index (χ1v) is 8.88. The maximum Gasteiger partial charge on any atom is 0.221 e. The first kappa shape index (κ1) is 21.0. The average Bonchev–Trinajstić information content (AvgIpc) is 2.48. The molecule has 1 N–H and O–H groups in total. The summed E-state index contributed by atoms with van der Waals surface area (Å²) in [7, 11) is 2.24. The molecule has 1 aliphatic rings. The molecule has 0 spiro atoms. The van der Waals surface area contributed by atoms with Crippen molar-refractivity contribution in [3.63, 3.8) is 0 Å². The SMILES string of the molecule is CC(=O)Nc1ccc(CN(C)C2CCCCC2)cc1C(C)(C)C.Cl. The third kappa shape index (κ3) is 5.78. The van der Waals surface area contributed by atoms with Gasteiger partial charge in [-0.2, -0.15) is 0 Å². The van der Waals surface area contributed by atoms with Crippen LogP contribution >= 0.6 is 12.4 Å². The van der Waals surface area contributed by atoms with Crippen LogP contribution in [0.2, 0.25) is 0 Å². The zero-order valence-corrected chi connectivity index (χ0v) is 16.6. The fraction of sp³-hybridized carbons (Fsp3) is 0.650. The number of rotatable bonds is 4. The molecule has 0 bridgehead atoms. The fourth-order valence-electron chi connectivity index (χ4n) is 3.55. The maximum atomic E-state index is 11.4. The Hall–Kier alpha value is -1.06.